The molecule has 6 heteroatoms. The molecule has 1 aliphatic carbocycles. The molecule has 1 saturated carbocycles. The molecule has 3 aromatic carbocycles. The van der Waals surface area contributed by atoms with Gasteiger partial charge in [-0.1, -0.05) is 107 Å². The number of likely N-dealkylation sites (N-methyl/N-ethyl adjacent to an activating group) is 1. The first-order valence-electron chi connectivity index (χ1n) is 16.1. The summed E-state index contributed by atoms with van der Waals surface area (Å²) in [6.07, 6.45) is 4.44. The first-order valence-corrected chi connectivity index (χ1v) is 16.1. The van der Waals surface area contributed by atoms with Crippen LogP contribution in [0.5, 0.6) is 0 Å². The van der Waals surface area contributed by atoms with Crippen LogP contribution in [0.1, 0.15) is 107 Å². The van der Waals surface area contributed by atoms with E-state index in [0.717, 1.165) is 29.5 Å². The van der Waals surface area contributed by atoms with Gasteiger partial charge in [-0.15, -0.1) is 0 Å². The van der Waals surface area contributed by atoms with E-state index < -0.39 is 17.0 Å². The van der Waals surface area contributed by atoms with Gasteiger partial charge in [-0.3, -0.25) is 14.4 Å². The third-order valence-corrected chi connectivity index (χ3v) is 9.36. The van der Waals surface area contributed by atoms with Crippen LogP contribution in [-0.4, -0.2) is 41.8 Å². The molecule has 2 N–H and O–H groups in total. The van der Waals surface area contributed by atoms with E-state index >= 15 is 0 Å². The van der Waals surface area contributed by atoms with Gasteiger partial charge in [-0.25, -0.2) is 0 Å². The summed E-state index contributed by atoms with van der Waals surface area (Å²) in [5, 5.41) is 6.43. The number of amides is 3. The molecule has 3 amide bonds. The first kappa shape index (κ1) is 33.0. The highest BCUT2D eigenvalue weighted by Crippen LogP contribution is 2.41. The summed E-state index contributed by atoms with van der Waals surface area (Å²) < 4.78 is 0. The quantitative estimate of drug-likeness (QED) is 0.239. The third kappa shape index (κ3) is 7.77. The summed E-state index contributed by atoms with van der Waals surface area (Å²) >= 11 is 0. The molecule has 1 aliphatic rings. The van der Waals surface area contributed by atoms with Gasteiger partial charge in [0.15, 0.2) is 0 Å². The van der Waals surface area contributed by atoms with Crippen molar-refractivity contribution in [3.63, 3.8) is 0 Å². The van der Waals surface area contributed by atoms with Gasteiger partial charge >= 0.3 is 0 Å². The predicted molar refractivity (Wildman–Crippen MR) is 178 cm³/mol. The Morgan fingerprint density at radius 3 is 2.05 bits per heavy atom. The van der Waals surface area contributed by atoms with E-state index in [-0.39, 0.29) is 17.7 Å². The molecule has 1 atom stereocenters. The van der Waals surface area contributed by atoms with Gasteiger partial charge in [0.1, 0.15) is 6.04 Å². The lowest BCUT2D eigenvalue weighted by Crippen LogP contribution is -2.53. The van der Waals surface area contributed by atoms with Crippen LogP contribution in [0.4, 0.5) is 0 Å². The number of carbonyl (C=O) groups excluding carboxylic acids is 3. The minimum absolute atomic E-state index is 0.103. The molecule has 4 rings (SSSR count). The maximum atomic E-state index is 13.8. The van der Waals surface area contributed by atoms with Crippen molar-refractivity contribution in [2.45, 2.75) is 90.6 Å². The first-order chi connectivity index (χ1) is 21.0. The van der Waals surface area contributed by atoms with Gasteiger partial charge in [-0.2, -0.15) is 0 Å². The number of rotatable bonds is 11. The maximum Gasteiger partial charge on any atom is 0.252 e. The van der Waals surface area contributed by atoms with E-state index in [4.69, 9.17) is 0 Å². The Bertz CT molecular complexity index is 1420. The molecule has 0 unspecified atom stereocenters. The van der Waals surface area contributed by atoms with Crippen molar-refractivity contribution in [3.8, 4) is 11.1 Å². The van der Waals surface area contributed by atoms with Crippen molar-refractivity contribution >= 4 is 17.7 Å². The predicted octanol–water partition coefficient (Wildman–Crippen LogP) is 7.66. The Morgan fingerprint density at radius 2 is 1.43 bits per heavy atom. The lowest BCUT2D eigenvalue weighted by atomic mass is 9.68. The molecule has 44 heavy (non-hydrogen) atoms. The highest BCUT2D eigenvalue weighted by atomic mass is 16.2. The molecule has 0 bridgehead atoms. The van der Waals surface area contributed by atoms with Crippen LogP contribution in [-0.2, 0) is 9.59 Å². The normalized spacial score (nSPS) is 20.5. The largest absolute Gasteiger partial charge is 0.347 e. The zero-order valence-electron chi connectivity index (χ0n) is 27.3. The molecular formula is C38H49N3O3. The molecular weight excluding hydrogens is 546 g/mol. The standard InChI is InChI=1S/C38H49N3O3/c1-7-8-26-41(6)35(43)33(30-14-10-9-11-15-30)39-36(44)37(4)22-24-38(5,25-23-37)40-34(42)32-17-13-12-16-31(32)29-20-18-28(19-21-29)27(2)3/h9-21,27,33H,7-8,22-26H2,1-6H3,(H,39,44)(H,40,42)/t33-,37?,38?/m0/s1. The van der Waals surface area contributed by atoms with Gasteiger partial charge in [0.2, 0.25) is 11.8 Å². The van der Waals surface area contributed by atoms with Crippen molar-refractivity contribution in [1.82, 2.24) is 15.5 Å². The summed E-state index contributed by atoms with van der Waals surface area (Å²) in [6, 6.07) is 24.9. The summed E-state index contributed by atoms with van der Waals surface area (Å²) in [7, 11) is 1.80. The molecule has 3 aromatic rings. The second kappa shape index (κ2) is 14.2. The molecule has 6 nitrogen and oxygen atoms in total. The number of hydrogen-bond acceptors (Lipinski definition) is 3. The topological polar surface area (TPSA) is 78.5 Å². The highest BCUT2D eigenvalue weighted by molar-refractivity contribution is 6.01. The molecule has 1 fully saturated rings. The number of nitrogens with one attached hydrogen (secondary N) is 2. The van der Waals surface area contributed by atoms with Crippen molar-refractivity contribution in [1.29, 1.82) is 0 Å². The second-order valence-corrected chi connectivity index (χ2v) is 13.3. The molecule has 0 radical (unpaired) electrons. The van der Waals surface area contributed by atoms with Crippen molar-refractivity contribution < 1.29 is 14.4 Å². The average Bonchev–Trinajstić information content (AvgIpc) is 3.04. The van der Waals surface area contributed by atoms with Crippen molar-refractivity contribution in [3.05, 3.63) is 95.6 Å². The van der Waals surface area contributed by atoms with E-state index in [2.05, 4.69) is 62.6 Å². The van der Waals surface area contributed by atoms with E-state index in [1.165, 1.54) is 5.56 Å². The summed E-state index contributed by atoms with van der Waals surface area (Å²) in [4.78, 5) is 42.7. The van der Waals surface area contributed by atoms with E-state index in [1.807, 2.05) is 61.5 Å². The molecule has 234 valence electrons. The van der Waals surface area contributed by atoms with Crippen LogP contribution in [0.2, 0.25) is 0 Å². The average molecular weight is 596 g/mol. The fourth-order valence-electron chi connectivity index (χ4n) is 5.99. The molecule has 0 spiro atoms. The van der Waals surface area contributed by atoms with Crippen LogP contribution in [0, 0.1) is 5.41 Å². The fourth-order valence-corrected chi connectivity index (χ4v) is 5.99. The summed E-state index contributed by atoms with van der Waals surface area (Å²) in [5.41, 5.74) is 3.53. The van der Waals surface area contributed by atoms with Crippen molar-refractivity contribution in [2.24, 2.45) is 5.41 Å². The third-order valence-electron chi connectivity index (χ3n) is 9.36. The lowest BCUT2D eigenvalue weighted by molar-refractivity contribution is -0.140. The molecule has 0 saturated heterocycles. The summed E-state index contributed by atoms with van der Waals surface area (Å²) in [6.45, 7) is 11.1. The number of unbranched alkanes of at least 4 members (excludes halogenated alkanes) is 1. The Hall–Kier alpha value is -3.93. The number of benzene rings is 3. The van der Waals surface area contributed by atoms with Crippen molar-refractivity contribution in [2.75, 3.05) is 13.6 Å². The van der Waals surface area contributed by atoms with Gasteiger partial charge in [-0.05, 0) is 73.3 Å². The van der Waals surface area contributed by atoms with E-state index in [0.29, 0.717) is 43.7 Å². The Kier molecular flexibility index (Phi) is 10.7. The number of hydrogen-bond donors (Lipinski definition) is 2. The number of nitrogens with zero attached hydrogens (tertiary/aromatic N) is 1. The van der Waals surface area contributed by atoms with E-state index in [9.17, 15) is 14.4 Å². The summed E-state index contributed by atoms with van der Waals surface area (Å²) in [5.74, 6) is 0.117. The lowest BCUT2D eigenvalue weighted by Gasteiger charge is -2.43. The second-order valence-electron chi connectivity index (χ2n) is 13.3. The minimum atomic E-state index is -0.735. The van der Waals surface area contributed by atoms with Crippen LogP contribution in [0.3, 0.4) is 0 Å². The molecule has 0 aromatic heterocycles. The van der Waals surface area contributed by atoms with Crippen LogP contribution >= 0.6 is 0 Å². The van der Waals surface area contributed by atoms with Crippen LogP contribution in [0.25, 0.3) is 11.1 Å². The number of carbonyl (C=O) groups is 3. The Balaban J connectivity index is 1.44. The van der Waals surface area contributed by atoms with Gasteiger partial charge in [0.05, 0.1) is 0 Å². The molecule has 0 heterocycles. The zero-order chi connectivity index (χ0) is 31.9. The zero-order valence-corrected chi connectivity index (χ0v) is 27.3. The maximum absolute atomic E-state index is 13.8. The SMILES string of the molecule is CCCCN(C)C(=O)[C@@H](NC(=O)C1(C)CCC(C)(NC(=O)c2ccccc2-c2ccc(C(C)C)cc2)CC1)c1ccccc1. The smallest absolute Gasteiger partial charge is 0.252 e. The molecule has 0 aliphatic heterocycles. The highest BCUT2D eigenvalue weighted by Gasteiger charge is 2.44. The monoisotopic (exact) mass is 595 g/mol. The van der Waals surface area contributed by atoms with Gasteiger partial charge in [0, 0.05) is 30.1 Å². The van der Waals surface area contributed by atoms with E-state index in [1.54, 1.807) is 11.9 Å². The van der Waals surface area contributed by atoms with Crippen LogP contribution < -0.4 is 10.6 Å². The fraction of sp³-hybridized carbons (Fsp3) is 0.447. The Morgan fingerprint density at radius 1 is 0.818 bits per heavy atom. The Labute approximate surface area is 263 Å². The van der Waals surface area contributed by atoms with Gasteiger partial charge in [0.25, 0.3) is 5.91 Å². The minimum Gasteiger partial charge on any atom is -0.347 e. The van der Waals surface area contributed by atoms with Crippen LogP contribution in [0.15, 0.2) is 78.9 Å². The van der Waals surface area contributed by atoms with Gasteiger partial charge < -0.3 is 15.5 Å².